The van der Waals surface area contributed by atoms with Crippen LogP contribution in [0.5, 0.6) is 0 Å². The zero-order valence-electron chi connectivity index (χ0n) is 11.4. The number of hydrogen-bond donors (Lipinski definition) is 2. The van der Waals surface area contributed by atoms with Crippen molar-refractivity contribution in [2.75, 3.05) is 11.9 Å². The van der Waals surface area contributed by atoms with Gasteiger partial charge in [-0.3, -0.25) is 4.79 Å². The Labute approximate surface area is 127 Å². The van der Waals surface area contributed by atoms with Crippen molar-refractivity contribution in [3.63, 3.8) is 0 Å². The fraction of sp³-hybridized carbons (Fsp3) is 0.333. The van der Waals surface area contributed by atoms with E-state index in [0.717, 1.165) is 11.1 Å². The summed E-state index contributed by atoms with van der Waals surface area (Å²) in [6.07, 6.45) is 2.56. The topological polar surface area (TPSA) is 67.2 Å². The lowest BCUT2D eigenvalue weighted by atomic mass is 10.1. The Morgan fingerprint density at radius 3 is 2.86 bits per heavy atom. The van der Waals surface area contributed by atoms with Crippen LogP contribution >= 0.6 is 11.6 Å². The van der Waals surface area contributed by atoms with Crippen LogP contribution in [-0.4, -0.2) is 27.5 Å². The number of benzene rings is 1. The molecule has 2 unspecified atom stereocenters. The summed E-state index contributed by atoms with van der Waals surface area (Å²) in [5.74, 6) is 0.446. The van der Waals surface area contributed by atoms with Gasteiger partial charge in [0.05, 0.1) is 25.0 Å². The van der Waals surface area contributed by atoms with Gasteiger partial charge in [0.25, 0.3) is 5.56 Å². The average Bonchev–Trinajstić information content (AvgIpc) is 3.27. The lowest BCUT2D eigenvalue weighted by molar-refractivity contribution is 0.266. The Morgan fingerprint density at radius 2 is 2.14 bits per heavy atom. The fourth-order valence-corrected chi connectivity index (χ4v) is 2.64. The molecule has 0 aliphatic heterocycles. The Balaban J connectivity index is 1.73. The van der Waals surface area contributed by atoms with E-state index in [4.69, 9.17) is 16.7 Å². The Hall–Kier alpha value is -1.85. The Kier molecular flexibility index (Phi) is 3.94. The molecule has 2 N–H and O–H groups in total. The molecule has 1 aromatic heterocycles. The maximum Gasteiger partial charge on any atom is 0.287 e. The van der Waals surface area contributed by atoms with Crippen molar-refractivity contribution in [3.8, 4) is 0 Å². The van der Waals surface area contributed by atoms with E-state index in [1.165, 1.54) is 5.56 Å². The number of halogens is 1. The van der Waals surface area contributed by atoms with E-state index in [0.29, 0.717) is 11.6 Å². The molecule has 0 radical (unpaired) electrons. The molecule has 1 heterocycles. The summed E-state index contributed by atoms with van der Waals surface area (Å²) in [5, 5.41) is 16.3. The predicted octanol–water partition coefficient (Wildman–Crippen LogP) is 1.86. The first-order valence-electron chi connectivity index (χ1n) is 6.88. The Bertz CT molecular complexity index is 687. The summed E-state index contributed by atoms with van der Waals surface area (Å²) in [6, 6.07) is 10.5. The number of nitrogens with one attached hydrogen (secondary N) is 1. The molecule has 1 saturated carbocycles. The molecule has 21 heavy (non-hydrogen) atoms. The average molecular weight is 306 g/mol. The molecule has 3 rings (SSSR count). The van der Waals surface area contributed by atoms with E-state index in [1.807, 2.05) is 18.2 Å². The minimum Gasteiger partial charge on any atom is -0.394 e. The van der Waals surface area contributed by atoms with Crippen LogP contribution in [0.15, 0.2) is 41.3 Å². The molecule has 0 amide bonds. The summed E-state index contributed by atoms with van der Waals surface area (Å²) in [4.78, 5) is 12.0. The quantitative estimate of drug-likeness (QED) is 0.885. The van der Waals surface area contributed by atoms with Crippen LogP contribution < -0.4 is 10.9 Å². The third kappa shape index (κ3) is 2.94. The molecule has 110 valence electrons. The maximum absolute atomic E-state index is 12.0. The zero-order chi connectivity index (χ0) is 14.8. The van der Waals surface area contributed by atoms with Gasteiger partial charge >= 0.3 is 0 Å². The smallest absolute Gasteiger partial charge is 0.287 e. The highest BCUT2D eigenvalue weighted by molar-refractivity contribution is 6.32. The number of rotatable bonds is 5. The van der Waals surface area contributed by atoms with E-state index >= 15 is 0 Å². The number of anilines is 1. The summed E-state index contributed by atoms with van der Waals surface area (Å²) < 4.78 is 1.16. The third-order valence-electron chi connectivity index (χ3n) is 3.66. The number of hydrogen-bond acceptors (Lipinski definition) is 4. The van der Waals surface area contributed by atoms with Gasteiger partial charge in [-0.15, -0.1) is 0 Å². The van der Waals surface area contributed by atoms with E-state index in [1.54, 1.807) is 6.20 Å². The second kappa shape index (κ2) is 5.87. The summed E-state index contributed by atoms with van der Waals surface area (Å²) >= 11 is 6.08. The van der Waals surface area contributed by atoms with Crippen LogP contribution in [0.3, 0.4) is 0 Å². The molecule has 0 saturated heterocycles. The normalized spacial score (nSPS) is 20.3. The second-order valence-corrected chi connectivity index (χ2v) is 5.51. The highest BCUT2D eigenvalue weighted by Gasteiger charge is 2.38. The Morgan fingerprint density at radius 1 is 1.38 bits per heavy atom. The monoisotopic (exact) mass is 305 g/mol. The van der Waals surface area contributed by atoms with Crippen LogP contribution in [0.25, 0.3) is 0 Å². The lowest BCUT2D eigenvalue weighted by Crippen LogP contribution is -2.26. The van der Waals surface area contributed by atoms with Gasteiger partial charge in [0.15, 0.2) is 0 Å². The van der Waals surface area contributed by atoms with Crippen molar-refractivity contribution in [2.24, 2.45) is 0 Å². The van der Waals surface area contributed by atoms with Gasteiger partial charge in [-0.2, -0.15) is 5.10 Å². The van der Waals surface area contributed by atoms with Crippen molar-refractivity contribution >= 4 is 17.3 Å². The van der Waals surface area contributed by atoms with Crippen molar-refractivity contribution in [1.82, 2.24) is 9.78 Å². The minimum atomic E-state index is -0.382. The molecule has 1 fully saturated rings. The van der Waals surface area contributed by atoms with Gasteiger partial charge in [0.1, 0.15) is 5.02 Å². The minimum absolute atomic E-state index is 0.122. The molecular weight excluding hydrogens is 290 g/mol. The van der Waals surface area contributed by atoms with Gasteiger partial charge in [-0.25, -0.2) is 4.68 Å². The van der Waals surface area contributed by atoms with Gasteiger partial charge in [0.2, 0.25) is 0 Å². The largest absolute Gasteiger partial charge is 0.394 e. The van der Waals surface area contributed by atoms with Crippen LogP contribution in [0.1, 0.15) is 17.9 Å². The van der Waals surface area contributed by atoms with E-state index in [-0.39, 0.29) is 29.8 Å². The van der Waals surface area contributed by atoms with Crippen molar-refractivity contribution < 1.29 is 5.11 Å². The van der Waals surface area contributed by atoms with E-state index < -0.39 is 0 Å². The maximum atomic E-state index is 12.0. The molecule has 2 atom stereocenters. The zero-order valence-corrected chi connectivity index (χ0v) is 12.1. The first-order chi connectivity index (χ1) is 10.2. The summed E-state index contributed by atoms with van der Waals surface area (Å²) in [5.41, 5.74) is 1.46. The lowest BCUT2D eigenvalue weighted by Gasteiger charge is -2.09. The molecule has 0 bridgehead atoms. The van der Waals surface area contributed by atoms with Gasteiger partial charge in [-0.1, -0.05) is 41.9 Å². The molecule has 1 aliphatic carbocycles. The van der Waals surface area contributed by atoms with Gasteiger partial charge < -0.3 is 10.4 Å². The van der Waals surface area contributed by atoms with Crippen molar-refractivity contribution in [3.05, 3.63) is 57.5 Å². The van der Waals surface area contributed by atoms with Crippen molar-refractivity contribution in [2.45, 2.75) is 24.9 Å². The van der Waals surface area contributed by atoms with Crippen LogP contribution in [-0.2, 0) is 6.54 Å². The SMILES string of the molecule is O=c1c(Cl)c(NC2CC2c2ccccc2)cnn1CCO. The molecular formula is C15H16ClN3O2. The summed E-state index contributed by atoms with van der Waals surface area (Å²) in [7, 11) is 0. The molecule has 1 aliphatic rings. The molecule has 2 aromatic rings. The predicted molar refractivity (Wildman–Crippen MR) is 81.8 cm³/mol. The molecule has 1 aromatic carbocycles. The molecule has 6 heteroatoms. The number of nitrogens with zero attached hydrogens (tertiary/aromatic N) is 2. The molecule has 5 nitrogen and oxygen atoms in total. The van der Waals surface area contributed by atoms with Crippen LogP contribution in [0.2, 0.25) is 5.02 Å². The number of aromatic nitrogens is 2. The standard InChI is InChI=1S/C15H16ClN3O2/c16-14-13(9-17-19(6-7-20)15(14)21)18-12-8-11(12)10-4-2-1-3-5-10/h1-5,9,11-12,18,20H,6-8H2. The first-order valence-corrected chi connectivity index (χ1v) is 7.26. The van der Waals surface area contributed by atoms with Crippen LogP contribution in [0, 0.1) is 0 Å². The van der Waals surface area contributed by atoms with Crippen molar-refractivity contribution in [1.29, 1.82) is 0 Å². The second-order valence-electron chi connectivity index (χ2n) is 5.13. The van der Waals surface area contributed by atoms with Gasteiger partial charge in [-0.05, 0) is 12.0 Å². The highest BCUT2D eigenvalue weighted by atomic mass is 35.5. The third-order valence-corrected chi connectivity index (χ3v) is 4.02. The fourth-order valence-electron chi connectivity index (χ4n) is 2.44. The van der Waals surface area contributed by atoms with Gasteiger partial charge in [0, 0.05) is 12.0 Å². The highest BCUT2D eigenvalue weighted by Crippen LogP contribution is 2.43. The summed E-state index contributed by atoms with van der Waals surface area (Å²) in [6.45, 7) is 0.00359. The molecule has 0 spiro atoms. The van der Waals surface area contributed by atoms with E-state index in [9.17, 15) is 4.79 Å². The van der Waals surface area contributed by atoms with Crippen LogP contribution in [0.4, 0.5) is 5.69 Å². The van der Waals surface area contributed by atoms with E-state index in [2.05, 4.69) is 22.5 Å². The number of aliphatic hydroxyl groups is 1. The number of aliphatic hydroxyl groups excluding tert-OH is 1. The first kappa shape index (κ1) is 14.1.